The lowest BCUT2D eigenvalue weighted by Gasteiger charge is -2.35. The molecule has 0 aromatic heterocycles. The molecule has 1 rings (SSSR count). The third-order valence-corrected chi connectivity index (χ3v) is 2.07. The second-order valence-corrected chi connectivity index (χ2v) is 4.54. The van der Waals surface area contributed by atoms with E-state index in [9.17, 15) is 0 Å². The number of aliphatic hydroxyl groups is 1. The molecule has 0 aromatic rings. The lowest BCUT2D eigenvalue weighted by molar-refractivity contribution is -0.177. The van der Waals surface area contributed by atoms with Crippen molar-refractivity contribution in [1.29, 1.82) is 0 Å². The normalized spacial score (nSPS) is 27.9. The molecule has 1 aliphatic rings. The first-order valence-corrected chi connectivity index (χ1v) is 5.54. The van der Waals surface area contributed by atoms with Crippen LogP contribution in [0.25, 0.3) is 0 Å². The van der Waals surface area contributed by atoms with E-state index in [1.165, 1.54) is 6.42 Å². The largest absolute Gasteiger partial charge is 0.368 e. The average molecular weight is 203 g/mol. The molecule has 0 amide bonds. The first-order valence-electron chi connectivity index (χ1n) is 5.54. The van der Waals surface area contributed by atoms with Crippen LogP contribution < -0.4 is 5.73 Å². The Hall–Kier alpha value is -0.120. The quantitative estimate of drug-likeness (QED) is 0.685. The van der Waals surface area contributed by atoms with Gasteiger partial charge in [0.25, 0.3) is 0 Å². The van der Waals surface area contributed by atoms with Gasteiger partial charge in [-0.25, -0.2) is 0 Å². The first kappa shape index (κ1) is 13.9. The minimum atomic E-state index is -0.600. The van der Waals surface area contributed by atoms with Crippen molar-refractivity contribution in [2.45, 2.75) is 71.3 Å². The molecule has 3 N–H and O–H groups in total. The molecule has 86 valence electrons. The SMILES string of the molecule is CC(C)(N)C1CCC[C@@H](O)O1.CCC. The topological polar surface area (TPSA) is 55.5 Å². The summed E-state index contributed by atoms with van der Waals surface area (Å²) in [7, 11) is 0. The monoisotopic (exact) mass is 203 g/mol. The van der Waals surface area contributed by atoms with Crippen LogP contribution in [0.3, 0.4) is 0 Å². The van der Waals surface area contributed by atoms with Gasteiger partial charge in [0.15, 0.2) is 6.29 Å². The van der Waals surface area contributed by atoms with Gasteiger partial charge in [0, 0.05) is 5.54 Å². The molecule has 0 aromatic carbocycles. The molecule has 1 unspecified atom stereocenters. The Bertz CT molecular complexity index is 143. The highest BCUT2D eigenvalue weighted by molar-refractivity contribution is 4.85. The highest BCUT2D eigenvalue weighted by Gasteiger charge is 2.30. The fourth-order valence-electron chi connectivity index (χ4n) is 1.35. The Balaban J connectivity index is 0.000000500. The summed E-state index contributed by atoms with van der Waals surface area (Å²) in [4.78, 5) is 0. The molecule has 2 atom stereocenters. The number of aliphatic hydroxyl groups excluding tert-OH is 1. The fraction of sp³-hybridized carbons (Fsp3) is 1.00. The van der Waals surface area contributed by atoms with E-state index in [0.717, 1.165) is 19.3 Å². The number of rotatable bonds is 1. The van der Waals surface area contributed by atoms with Crippen LogP contribution in [0, 0.1) is 0 Å². The summed E-state index contributed by atoms with van der Waals surface area (Å²) >= 11 is 0. The van der Waals surface area contributed by atoms with Crippen LogP contribution in [0.5, 0.6) is 0 Å². The van der Waals surface area contributed by atoms with Crippen LogP contribution in [0.15, 0.2) is 0 Å². The van der Waals surface area contributed by atoms with Crippen LogP contribution in [0.2, 0.25) is 0 Å². The van der Waals surface area contributed by atoms with Gasteiger partial charge in [-0.3, -0.25) is 0 Å². The van der Waals surface area contributed by atoms with E-state index in [4.69, 9.17) is 15.6 Å². The molecule has 0 bridgehead atoms. The van der Waals surface area contributed by atoms with Crippen molar-refractivity contribution in [2.75, 3.05) is 0 Å². The minimum Gasteiger partial charge on any atom is -0.368 e. The van der Waals surface area contributed by atoms with Crippen molar-refractivity contribution in [1.82, 2.24) is 0 Å². The van der Waals surface area contributed by atoms with Crippen molar-refractivity contribution in [3.05, 3.63) is 0 Å². The van der Waals surface area contributed by atoms with Crippen molar-refractivity contribution in [3.63, 3.8) is 0 Å². The van der Waals surface area contributed by atoms with Crippen LogP contribution in [-0.2, 0) is 4.74 Å². The van der Waals surface area contributed by atoms with Crippen LogP contribution in [0.1, 0.15) is 53.4 Å². The Morgan fingerprint density at radius 3 is 2.14 bits per heavy atom. The maximum atomic E-state index is 9.17. The molecule has 3 heteroatoms. The highest BCUT2D eigenvalue weighted by atomic mass is 16.6. The summed E-state index contributed by atoms with van der Waals surface area (Å²) in [5.74, 6) is 0. The van der Waals surface area contributed by atoms with E-state index < -0.39 is 6.29 Å². The maximum absolute atomic E-state index is 9.17. The lowest BCUT2D eigenvalue weighted by Crippen LogP contribution is -2.49. The van der Waals surface area contributed by atoms with Gasteiger partial charge in [-0.2, -0.15) is 0 Å². The predicted molar refractivity (Wildman–Crippen MR) is 59.0 cm³/mol. The third kappa shape index (κ3) is 5.58. The minimum absolute atomic E-state index is 0.00579. The zero-order valence-electron chi connectivity index (χ0n) is 9.92. The summed E-state index contributed by atoms with van der Waals surface area (Å²) < 4.78 is 5.28. The molecule has 0 spiro atoms. The standard InChI is InChI=1S/C8H17NO2.C3H8/c1-8(2,9)6-4-3-5-7(10)11-6;1-3-2/h6-7,10H,3-5,9H2,1-2H3;3H2,1-2H3/t6?,7-;/m0./s1. The second kappa shape index (κ2) is 6.38. The summed E-state index contributed by atoms with van der Waals surface area (Å²) in [5, 5.41) is 9.17. The van der Waals surface area contributed by atoms with Crippen LogP contribution in [0.4, 0.5) is 0 Å². The Kier molecular flexibility index (Phi) is 6.33. The molecule has 0 aliphatic carbocycles. The zero-order valence-corrected chi connectivity index (χ0v) is 9.92. The molecule has 1 fully saturated rings. The predicted octanol–water partition coefficient (Wildman–Crippen LogP) is 2.03. The van der Waals surface area contributed by atoms with Crippen molar-refractivity contribution in [3.8, 4) is 0 Å². The van der Waals surface area contributed by atoms with Crippen molar-refractivity contribution < 1.29 is 9.84 Å². The molecule has 1 heterocycles. The van der Waals surface area contributed by atoms with E-state index in [2.05, 4.69) is 13.8 Å². The van der Waals surface area contributed by atoms with Gasteiger partial charge in [-0.1, -0.05) is 20.3 Å². The Morgan fingerprint density at radius 2 is 1.86 bits per heavy atom. The van der Waals surface area contributed by atoms with E-state index >= 15 is 0 Å². The maximum Gasteiger partial charge on any atom is 0.154 e. The number of hydrogen-bond acceptors (Lipinski definition) is 3. The molecule has 1 aliphatic heterocycles. The summed E-state index contributed by atoms with van der Waals surface area (Å²) in [6.45, 7) is 8.10. The van der Waals surface area contributed by atoms with Gasteiger partial charge in [-0.15, -0.1) is 0 Å². The molecular formula is C11H25NO2. The molecular weight excluding hydrogens is 178 g/mol. The van der Waals surface area contributed by atoms with E-state index in [0.29, 0.717) is 0 Å². The van der Waals surface area contributed by atoms with Crippen LogP contribution in [-0.4, -0.2) is 23.0 Å². The van der Waals surface area contributed by atoms with Gasteiger partial charge < -0.3 is 15.6 Å². The average Bonchev–Trinajstić information content (AvgIpc) is 2.04. The van der Waals surface area contributed by atoms with Gasteiger partial charge in [-0.05, 0) is 33.1 Å². The van der Waals surface area contributed by atoms with Gasteiger partial charge in [0.1, 0.15) is 0 Å². The summed E-state index contributed by atoms with van der Waals surface area (Å²) in [6, 6.07) is 0. The molecule has 0 radical (unpaired) electrons. The van der Waals surface area contributed by atoms with E-state index in [1.54, 1.807) is 0 Å². The number of nitrogens with two attached hydrogens (primary N) is 1. The first-order chi connectivity index (χ1) is 6.41. The van der Waals surface area contributed by atoms with E-state index in [1.807, 2.05) is 13.8 Å². The zero-order chi connectivity index (χ0) is 11.2. The summed E-state index contributed by atoms with van der Waals surface area (Å²) in [6.07, 6.45) is 3.36. The van der Waals surface area contributed by atoms with Gasteiger partial charge in [0.2, 0.25) is 0 Å². The van der Waals surface area contributed by atoms with Crippen molar-refractivity contribution in [2.24, 2.45) is 5.73 Å². The Labute approximate surface area is 87.6 Å². The highest BCUT2D eigenvalue weighted by Crippen LogP contribution is 2.23. The smallest absolute Gasteiger partial charge is 0.154 e. The third-order valence-electron chi connectivity index (χ3n) is 2.07. The van der Waals surface area contributed by atoms with Gasteiger partial charge in [0.05, 0.1) is 6.10 Å². The molecule has 14 heavy (non-hydrogen) atoms. The molecule has 0 saturated carbocycles. The lowest BCUT2D eigenvalue weighted by atomic mass is 9.92. The van der Waals surface area contributed by atoms with Crippen molar-refractivity contribution >= 4 is 0 Å². The van der Waals surface area contributed by atoms with Crippen LogP contribution >= 0.6 is 0 Å². The molecule has 3 nitrogen and oxygen atoms in total. The molecule has 1 saturated heterocycles. The van der Waals surface area contributed by atoms with Gasteiger partial charge >= 0.3 is 0 Å². The van der Waals surface area contributed by atoms with E-state index in [-0.39, 0.29) is 11.6 Å². The fourth-order valence-corrected chi connectivity index (χ4v) is 1.35. The second-order valence-electron chi connectivity index (χ2n) is 4.54. The number of hydrogen-bond donors (Lipinski definition) is 2. The number of ether oxygens (including phenoxy) is 1. The Morgan fingerprint density at radius 1 is 1.36 bits per heavy atom. The summed E-state index contributed by atoms with van der Waals surface area (Å²) in [5.41, 5.74) is 5.50.